The minimum Gasteiger partial charge on any atom is -0.508 e. The van der Waals surface area contributed by atoms with Crippen molar-refractivity contribution in [2.45, 2.75) is 159 Å². The van der Waals surface area contributed by atoms with Crippen molar-refractivity contribution in [3.8, 4) is 34.5 Å². The standard InChI is InChI=1S/C13H8F6O6S2.3C11H10O2.C6H4O2.C5H6.C2F6O5S2.5C2H6.H2/c14-12(15,16)26(20,21)24-8-3-4-9(25-27(22,23)13(17,18)19)11-7-2-1-6(5-7)10(8)11;3*12-8-3-4-9(13)11-7-2-1-6(5-7)10(8)11;7-5-1-2-6(8)4-3-5;1-2-4-5-3-1;3-1(4,5)14(9,10)13-15(11,12)2(6,7)8;5*1-2;/h1-4,6-7H,5H2;2*1-4,6-7,12-13H,5H2;1-4,6-7,10-11H,5H2;1-4H;1-4H,5H2;;5*1-2H3;1H. The van der Waals surface area contributed by atoms with E-state index in [-0.39, 0.29) is 53.9 Å². The van der Waals surface area contributed by atoms with Gasteiger partial charge in [0.25, 0.3) is 0 Å². The zero-order chi connectivity index (χ0) is 79.6. The van der Waals surface area contributed by atoms with E-state index in [1.165, 1.54) is 48.6 Å². The Kier molecular flexibility index (Phi) is 32.1. The average Bonchev–Trinajstić information content (AvgIpc) is 1.62. The van der Waals surface area contributed by atoms with Crippen molar-refractivity contribution in [1.82, 2.24) is 0 Å². The smallest absolute Gasteiger partial charge is 0.508 e. The number of halogens is 12. The lowest BCUT2D eigenvalue weighted by Gasteiger charge is -2.26. The van der Waals surface area contributed by atoms with Gasteiger partial charge in [-0.2, -0.15) is 86.4 Å². The molecule has 4 N–H and O–H groups in total. The molecule has 0 aromatic heterocycles. The molecule has 11 aliphatic carbocycles. The molecular weight excluding hydrogens is 1490 g/mol. The number of alkyl halides is 12. The highest BCUT2D eigenvalue weighted by Gasteiger charge is 2.58. The van der Waals surface area contributed by atoms with E-state index in [9.17, 15) is 126 Å². The molecule has 0 radical (unpaired) electrons. The first-order valence-corrected chi connectivity index (χ1v) is 37.9. The monoisotopic (exact) mass is 1570 g/mol. The van der Waals surface area contributed by atoms with Crippen LogP contribution in [0.1, 0.15) is 172 Å². The third-order valence-corrected chi connectivity index (χ3v) is 20.4. The van der Waals surface area contributed by atoms with Gasteiger partial charge in [0.15, 0.2) is 23.1 Å². The quantitative estimate of drug-likeness (QED) is 0.0445. The lowest BCUT2D eigenvalue weighted by Crippen LogP contribution is -2.34. The Labute approximate surface area is 596 Å². The highest BCUT2D eigenvalue weighted by molar-refractivity contribution is 8.00. The number of rotatable bonds is 6. The lowest BCUT2D eigenvalue weighted by molar-refractivity contribution is -0.129. The molecule has 0 amide bonds. The second-order valence-corrected chi connectivity index (χ2v) is 28.2. The van der Waals surface area contributed by atoms with E-state index in [1.54, 1.807) is 24.3 Å². The molecule has 14 rings (SSSR count). The predicted octanol–water partition coefficient (Wildman–Crippen LogP) is 16.7. The molecule has 10 atom stereocenters. The molecule has 10 unspecified atom stereocenters. The molecule has 35 heteroatoms. The number of ketones is 4. The summed E-state index contributed by atoms with van der Waals surface area (Å²) >= 11 is 0. The van der Waals surface area contributed by atoms with Crippen LogP contribution in [0.4, 0.5) is 52.7 Å². The van der Waals surface area contributed by atoms with Crippen LogP contribution in [-0.2, 0) is 63.3 Å². The summed E-state index contributed by atoms with van der Waals surface area (Å²) in [5, 5.41) is 38.5. The largest absolute Gasteiger partial charge is 0.534 e. The Bertz CT molecular complexity index is 3980. The van der Waals surface area contributed by atoms with Crippen LogP contribution in [-0.4, -0.2) is 99.3 Å². The first-order chi connectivity index (χ1) is 48.4. The van der Waals surface area contributed by atoms with Crippen LogP contribution in [0, 0.1) is 23.7 Å². The van der Waals surface area contributed by atoms with E-state index in [4.69, 9.17) is 0 Å². The summed E-state index contributed by atoms with van der Waals surface area (Å²) in [5.74, 6) is 0.500. The van der Waals surface area contributed by atoms with Gasteiger partial charge in [0.05, 0.1) is 0 Å². The van der Waals surface area contributed by atoms with Crippen LogP contribution >= 0.6 is 0 Å². The molecule has 1 saturated carbocycles. The number of benzene rings is 3. The van der Waals surface area contributed by atoms with Crippen molar-refractivity contribution in [3.05, 3.63) is 179 Å². The molecule has 3 aromatic rings. The Morgan fingerprint density at radius 3 is 0.808 bits per heavy atom. The SMILES string of the molecule is C1=CCC=C1.CC.CC.CC.CC.CC.O=C1C=CC(=O)C2C3C=CC(C3)C12.O=C1C=CC(=O)C=C1.O=S(=O)(OS(=O)(=O)C(F)(F)F)C(F)(F)F.O=S(=O)(Oc1ccc(OS(=O)(=O)C(F)(F)F)c2c1C1C=CC2C1)C(F)(F)F.Oc1ccc(O)c2c1C1C=CC2C1.Oc1ccc(O)c2c1C1C=CC2C1.[HH]. The zero-order valence-electron chi connectivity index (χ0n) is 57.2. The van der Waals surface area contributed by atoms with Crippen LogP contribution < -0.4 is 8.37 Å². The number of phenols is 4. The molecule has 578 valence electrons. The summed E-state index contributed by atoms with van der Waals surface area (Å²) in [6, 6.07) is 7.53. The van der Waals surface area contributed by atoms with Crippen LogP contribution in [0.2, 0.25) is 0 Å². The van der Waals surface area contributed by atoms with Crippen LogP contribution in [0.5, 0.6) is 34.5 Å². The maximum Gasteiger partial charge on any atom is 0.534 e. The zero-order valence-corrected chi connectivity index (χ0v) is 60.5. The Morgan fingerprint density at radius 1 is 0.346 bits per heavy atom. The molecule has 8 bridgehead atoms. The van der Waals surface area contributed by atoms with Crippen LogP contribution in [0.15, 0.2) is 146 Å². The van der Waals surface area contributed by atoms with Gasteiger partial charge >= 0.3 is 62.5 Å². The van der Waals surface area contributed by atoms with Crippen molar-refractivity contribution in [1.29, 1.82) is 0 Å². The summed E-state index contributed by atoms with van der Waals surface area (Å²) in [6.45, 7) is 20.0. The summed E-state index contributed by atoms with van der Waals surface area (Å²) in [4.78, 5) is 43.6. The molecule has 0 saturated heterocycles. The number of phenolic OH excluding ortho intramolecular Hbond substituents is 4. The van der Waals surface area contributed by atoms with Gasteiger partial charge in [0.2, 0.25) is 0 Å². The average molecular weight is 1570 g/mol. The predicted molar refractivity (Wildman–Crippen MR) is 363 cm³/mol. The second kappa shape index (κ2) is 37.1. The fraction of sp³-hybridized carbons (Fsp3) is 0.420. The summed E-state index contributed by atoms with van der Waals surface area (Å²) in [7, 11) is -25.7. The highest BCUT2D eigenvalue weighted by atomic mass is 32.3. The molecule has 0 heterocycles. The maximum atomic E-state index is 12.5. The minimum atomic E-state index is -6.85. The topological polar surface area (TPSA) is 313 Å². The van der Waals surface area contributed by atoms with E-state index in [0.29, 0.717) is 70.6 Å². The molecule has 3 aromatic carbocycles. The van der Waals surface area contributed by atoms with Gasteiger partial charge in [-0.25, -0.2) is 0 Å². The Hall–Kier alpha value is -8.28. The lowest BCUT2D eigenvalue weighted by atomic mass is 9.75. The number of carbonyl (C=O) groups excluding carboxylic acids is 4. The molecule has 0 aliphatic heterocycles. The van der Waals surface area contributed by atoms with Gasteiger partial charge in [-0.1, -0.05) is 142 Å². The highest BCUT2D eigenvalue weighted by Crippen LogP contribution is 2.58. The number of fused-ring (bicyclic) bond motifs is 20. The molecule has 19 nitrogen and oxygen atoms in total. The van der Waals surface area contributed by atoms with E-state index in [0.717, 1.165) is 47.9 Å². The van der Waals surface area contributed by atoms with E-state index in [2.05, 4.69) is 69.1 Å². The van der Waals surface area contributed by atoms with Gasteiger partial charge in [-0.05, 0) is 117 Å². The fourth-order valence-corrected chi connectivity index (χ4v) is 14.5. The summed E-state index contributed by atoms with van der Waals surface area (Å²) in [5.41, 5.74) is -20.5. The fourth-order valence-electron chi connectivity index (χ4n) is 12.0. The molecule has 11 aliphatic rings. The summed E-state index contributed by atoms with van der Waals surface area (Å²) < 4.78 is 238. The van der Waals surface area contributed by atoms with Gasteiger partial charge in [-0.3, -0.25) is 19.2 Å². The van der Waals surface area contributed by atoms with E-state index < -0.39 is 85.8 Å². The second-order valence-electron chi connectivity index (χ2n) is 21.8. The number of carbonyl (C=O) groups is 4. The number of hydrogen-bond acceptors (Lipinski definition) is 19. The van der Waals surface area contributed by atoms with E-state index >= 15 is 0 Å². The van der Waals surface area contributed by atoms with Crippen molar-refractivity contribution in [3.63, 3.8) is 0 Å². The minimum absolute atomic E-state index is 0. The van der Waals surface area contributed by atoms with Gasteiger partial charge < -0.3 is 28.8 Å². The maximum absolute atomic E-state index is 12.5. The van der Waals surface area contributed by atoms with Crippen molar-refractivity contribution in [2.75, 3.05) is 0 Å². The van der Waals surface area contributed by atoms with Crippen molar-refractivity contribution < 1.29 is 139 Å². The van der Waals surface area contributed by atoms with Crippen molar-refractivity contribution in [2.24, 2.45) is 23.7 Å². The third kappa shape index (κ3) is 21.2. The van der Waals surface area contributed by atoms with E-state index in [1.807, 2.05) is 72.9 Å². The van der Waals surface area contributed by atoms with Crippen molar-refractivity contribution >= 4 is 63.6 Å². The van der Waals surface area contributed by atoms with Gasteiger partial charge in [0.1, 0.15) is 34.5 Å². The van der Waals surface area contributed by atoms with Gasteiger partial charge in [0, 0.05) is 82.2 Å². The first kappa shape index (κ1) is 89.9. The summed E-state index contributed by atoms with van der Waals surface area (Å²) in [6.07, 6.45) is 36.3. The number of hydrogen-bond donors (Lipinski definition) is 4. The third-order valence-electron chi connectivity index (χ3n) is 15.9. The Balaban J connectivity index is 0.000000423. The van der Waals surface area contributed by atoms with Gasteiger partial charge in [-0.15, -0.1) is 3.63 Å². The molecule has 104 heavy (non-hydrogen) atoms. The van der Waals surface area contributed by atoms with Crippen LogP contribution in [0.3, 0.4) is 0 Å². The molecule has 0 spiro atoms. The molecule has 1 fully saturated rings. The number of allylic oxidation sites excluding steroid dienone is 18. The first-order valence-electron chi connectivity index (χ1n) is 32.3. The molecular formula is C69H80F12O19S4. The Morgan fingerprint density at radius 2 is 0.587 bits per heavy atom. The number of aromatic hydroxyl groups is 4. The van der Waals surface area contributed by atoms with Crippen LogP contribution in [0.25, 0.3) is 0 Å². The normalized spacial score (nSPS) is 23.1.